The van der Waals surface area contributed by atoms with Gasteiger partial charge in [-0.1, -0.05) is 0 Å². The number of nitrogens with zero attached hydrogens (tertiary/aromatic N) is 2. The van der Waals surface area contributed by atoms with Gasteiger partial charge in [0.25, 0.3) is 5.91 Å². The van der Waals surface area contributed by atoms with Crippen molar-refractivity contribution in [2.75, 3.05) is 19.7 Å². The number of hydrogen-bond donors (Lipinski definition) is 2. The van der Waals surface area contributed by atoms with Gasteiger partial charge >= 0.3 is 0 Å². The minimum absolute atomic E-state index is 0.0586. The first kappa shape index (κ1) is 13.0. The molecule has 2 heterocycles. The Bertz CT molecular complexity index is 424. The molecule has 1 saturated heterocycles. The second kappa shape index (κ2) is 5.49. The van der Waals surface area contributed by atoms with Crippen LogP contribution in [0.5, 0.6) is 0 Å². The van der Waals surface area contributed by atoms with E-state index in [2.05, 4.69) is 15.7 Å². The SMILES string of the molecule is Cc1c(C(C)NC(=O)C2CNCCO2)cnn1C. The number of aromatic nitrogens is 2. The van der Waals surface area contributed by atoms with Crippen molar-refractivity contribution in [2.45, 2.75) is 26.0 Å². The van der Waals surface area contributed by atoms with Gasteiger partial charge in [-0.05, 0) is 13.8 Å². The van der Waals surface area contributed by atoms with Crippen LogP contribution < -0.4 is 10.6 Å². The fourth-order valence-corrected chi connectivity index (χ4v) is 2.06. The number of carbonyl (C=O) groups is 1. The van der Waals surface area contributed by atoms with Gasteiger partial charge in [0.05, 0.1) is 18.8 Å². The number of aryl methyl sites for hydroxylation is 1. The zero-order valence-electron chi connectivity index (χ0n) is 11.1. The smallest absolute Gasteiger partial charge is 0.250 e. The molecule has 2 unspecified atom stereocenters. The van der Waals surface area contributed by atoms with E-state index in [1.165, 1.54) is 0 Å². The van der Waals surface area contributed by atoms with Gasteiger partial charge in [-0.3, -0.25) is 9.48 Å². The van der Waals surface area contributed by atoms with Gasteiger partial charge in [0.15, 0.2) is 0 Å². The number of morpholine rings is 1. The molecule has 0 aliphatic carbocycles. The molecule has 6 heteroatoms. The van der Waals surface area contributed by atoms with Crippen LogP contribution in [-0.2, 0) is 16.6 Å². The normalized spacial score (nSPS) is 21.6. The summed E-state index contributed by atoms with van der Waals surface area (Å²) in [6.45, 7) is 5.91. The summed E-state index contributed by atoms with van der Waals surface area (Å²) >= 11 is 0. The Labute approximate surface area is 107 Å². The number of rotatable bonds is 3. The molecule has 18 heavy (non-hydrogen) atoms. The van der Waals surface area contributed by atoms with Gasteiger partial charge < -0.3 is 15.4 Å². The van der Waals surface area contributed by atoms with Crippen molar-refractivity contribution in [1.29, 1.82) is 0 Å². The van der Waals surface area contributed by atoms with Crippen molar-refractivity contribution in [3.63, 3.8) is 0 Å². The van der Waals surface area contributed by atoms with Gasteiger partial charge in [0.2, 0.25) is 0 Å². The average Bonchev–Trinajstić information content (AvgIpc) is 2.71. The van der Waals surface area contributed by atoms with Gasteiger partial charge in [-0.15, -0.1) is 0 Å². The van der Waals surface area contributed by atoms with Crippen molar-refractivity contribution in [2.24, 2.45) is 7.05 Å². The van der Waals surface area contributed by atoms with E-state index in [-0.39, 0.29) is 11.9 Å². The van der Waals surface area contributed by atoms with E-state index in [4.69, 9.17) is 4.74 Å². The highest BCUT2D eigenvalue weighted by atomic mass is 16.5. The third-order valence-corrected chi connectivity index (χ3v) is 3.32. The standard InChI is InChI=1S/C12H20N4O2/c1-8(10-6-14-16(3)9(10)2)15-12(17)11-7-13-4-5-18-11/h6,8,11,13H,4-5,7H2,1-3H3,(H,15,17). The Morgan fingerprint density at radius 1 is 1.72 bits per heavy atom. The second-order valence-corrected chi connectivity index (χ2v) is 4.60. The molecule has 0 radical (unpaired) electrons. The lowest BCUT2D eigenvalue weighted by atomic mass is 10.1. The maximum Gasteiger partial charge on any atom is 0.250 e. The molecule has 1 aliphatic heterocycles. The Balaban J connectivity index is 1.96. The summed E-state index contributed by atoms with van der Waals surface area (Å²) in [5, 5.41) is 10.3. The summed E-state index contributed by atoms with van der Waals surface area (Å²) in [5.41, 5.74) is 2.10. The van der Waals surface area contributed by atoms with Crippen LogP contribution in [0.3, 0.4) is 0 Å². The number of amides is 1. The van der Waals surface area contributed by atoms with Gasteiger partial charge in [0.1, 0.15) is 6.10 Å². The maximum absolute atomic E-state index is 12.0. The van der Waals surface area contributed by atoms with Crippen molar-refractivity contribution in [3.05, 3.63) is 17.5 Å². The lowest BCUT2D eigenvalue weighted by Crippen LogP contribution is -2.48. The molecule has 100 valence electrons. The summed E-state index contributed by atoms with van der Waals surface area (Å²) in [6.07, 6.45) is 1.40. The minimum Gasteiger partial charge on any atom is -0.366 e. The monoisotopic (exact) mass is 252 g/mol. The quantitative estimate of drug-likeness (QED) is 0.788. The lowest BCUT2D eigenvalue weighted by Gasteiger charge is -2.24. The Morgan fingerprint density at radius 3 is 3.06 bits per heavy atom. The molecule has 1 aromatic heterocycles. The molecule has 1 amide bonds. The summed E-state index contributed by atoms with van der Waals surface area (Å²) in [6, 6.07) is -0.0586. The fourth-order valence-electron chi connectivity index (χ4n) is 2.06. The molecular formula is C12H20N4O2. The van der Waals surface area contributed by atoms with Crippen LogP contribution in [0.4, 0.5) is 0 Å². The maximum atomic E-state index is 12.0. The van der Waals surface area contributed by atoms with Crippen LogP contribution in [0, 0.1) is 6.92 Å². The molecule has 2 atom stereocenters. The van der Waals surface area contributed by atoms with E-state index in [0.29, 0.717) is 13.2 Å². The van der Waals surface area contributed by atoms with E-state index >= 15 is 0 Å². The minimum atomic E-state index is -0.391. The van der Waals surface area contributed by atoms with Crippen molar-refractivity contribution >= 4 is 5.91 Å². The van der Waals surface area contributed by atoms with E-state index in [9.17, 15) is 4.79 Å². The van der Waals surface area contributed by atoms with Crippen LogP contribution in [0.25, 0.3) is 0 Å². The molecule has 0 spiro atoms. The average molecular weight is 252 g/mol. The van der Waals surface area contributed by atoms with Crippen molar-refractivity contribution in [3.8, 4) is 0 Å². The summed E-state index contributed by atoms with van der Waals surface area (Å²) in [5.74, 6) is -0.0713. The first-order chi connectivity index (χ1) is 8.59. The molecule has 1 fully saturated rings. The fraction of sp³-hybridized carbons (Fsp3) is 0.667. The number of nitrogens with one attached hydrogen (secondary N) is 2. The molecule has 0 aromatic carbocycles. The molecule has 6 nitrogen and oxygen atoms in total. The summed E-state index contributed by atoms with van der Waals surface area (Å²) < 4.78 is 7.22. The number of ether oxygens (including phenoxy) is 1. The second-order valence-electron chi connectivity index (χ2n) is 4.60. The predicted molar refractivity (Wildman–Crippen MR) is 67.1 cm³/mol. The van der Waals surface area contributed by atoms with Crippen LogP contribution in [0.1, 0.15) is 24.2 Å². The Morgan fingerprint density at radius 2 is 2.50 bits per heavy atom. The van der Waals surface area contributed by atoms with E-state index < -0.39 is 6.10 Å². The van der Waals surface area contributed by atoms with Crippen LogP contribution in [0.15, 0.2) is 6.20 Å². The van der Waals surface area contributed by atoms with Gasteiger partial charge in [-0.2, -0.15) is 5.10 Å². The van der Waals surface area contributed by atoms with Gasteiger partial charge in [0, 0.05) is 31.4 Å². The predicted octanol–water partition coefficient (Wildman–Crippen LogP) is -0.106. The van der Waals surface area contributed by atoms with Crippen LogP contribution in [0.2, 0.25) is 0 Å². The highest BCUT2D eigenvalue weighted by Gasteiger charge is 2.24. The lowest BCUT2D eigenvalue weighted by molar-refractivity contribution is -0.134. The van der Waals surface area contributed by atoms with Crippen molar-refractivity contribution < 1.29 is 9.53 Å². The number of carbonyl (C=O) groups excluding carboxylic acids is 1. The van der Waals surface area contributed by atoms with Crippen LogP contribution >= 0.6 is 0 Å². The molecular weight excluding hydrogens is 232 g/mol. The molecule has 1 aliphatic rings. The molecule has 0 bridgehead atoms. The highest BCUT2D eigenvalue weighted by Crippen LogP contribution is 2.16. The van der Waals surface area contributed by atoms with E-state index in [1.54, 1.807) is 10.9 Å². The summed E-state index contributed by atoms with van der Waals surface area (Å²) in [4.78, 5) is 12.0. The van der Waals surface area contributed by atoms with Gasteiger partial charge in [-0.25, -0.2) is 0 Å². The Hall–Kier alpha value is -1.40. The number of hydrogen-bond acceptors (Lipinski definition) is 4. The first-order valence-electron chi connectivity index (χ1n) is 6.20. The topological polar surface area (TPSA) is 68.2 Å². The zero-order chi connectivity index (χ0) is 13.1. The molecule has 1 aromatic rings. The van der Waals surface area contributed by atoms with E-state index in [1.807, 2.05) is 20.9 Å². The Kier molecular flexibility index (Phi) is 3.98. The molecule has 2 rings (SSSR count). The highest BCUT2D eigenvalue weighted by molar-refractivity contribution is 5.81. The molecule has 2 N–H and O–H groups in total. The third kappa shape index (κ3) is 2.70. The third-order valence-electron chi connectivity index (χ3n) is 3.32. The van der Waals surface area contributed by atoms with Crippen LogP contribution in [-0.4, -0.2) is 41.5 Å². The molecule has 0 saturated carbocycles. The van der Waals surface area contributed by atoms with Crippen molar-refractivity contribution in [1.82, 2.24) is 20.4 Å². The zero-order valence-corrected chi connectivity index (χ0v) is 11.1. The largest absolute Gasteiger partial charge is 0.366 e. The first-order valence-corrected chi connectivity index (χ1v) is 6.20. The summed E-state index contributed by atoms with van der Waals surface area (Å²) in [7, 11) is 1.89. The van der Waals surface area contributed by atoms with E-state index in [0.717, 1.165) is 17.8 Å².